The maximum absolute atomic E-state index is 9.15. The van der Waals surface area contributed by atoms with E-state index in [1.54, 1.807) is 0 Å². The second-order valence-electron chi connectivity index (χ2n) is 5.54. The van der Waals surface area contributed by atoms with Crippen LogP contribution in [-0.2, 0) is 0 Å². The highest BCUT2D eigenvalue weighted by Gasteiger charge is 2.29. The molecule has 1 saturated carbocycles. The Kier molecular flexibility index (Phi) is 4.62. The molecular formula is C13H26N2O. The van der Waals surface area contributed by atoms with Crippen molar-refractivity contribution in [3.63, 3.8) is 0 Å². The van der Waals surface area contributed by atoms with Crippen LogP contribution in [-0.4, -0.2) is 49.3 Å². The maximum atomic E-state index is 9.15. The van der Waals surface area contributed by atoms with Gasteiger partial charge in [-0.3, -0.25) is 0 Å². The first-order valence-electron chi connectivity index (χ1n) is 6.84. The predicted octanol–water partition coefficient (Wildman–Crippen LogP) is 1.08. The zero-order valence-corrected chi connectivity index (χ0v) is 10.5. The molecule has 3 atom stereocenters. The first-order chi connectivity index (χ1) is 7.83. The van der Waals surface area contributed by atoms with Gasteiger partial charge >= 0.3 is 0 Å². The van der Waals surface area contributed by atoms with Crippen molar-refractivity contribution in [3.05, 3.63) is 0 Å². The van der Waals surface area contributed by atoms with Crippen molar-refractivity contribution >= 4 is 0 Å². The Morgan fingerprint density at radius 3 is 2.75 bits per heavy atom. The summed E-state index contributed by atoms with van der Waals surface area (Å²) >= 11 is 0. The van der Waals surface area contributed by atoms with E-state index in [2.05, 4.69) is 17.3 Å². The third-order valence-electron chi connectivity index (χ3n) is 4.40. The molecule has 3 heteroatoms. The lowest BCUT2D eigenvalue weighted by Gasteiger charge is -2.34. The molecular weight excluding hydrogens is 200 g/mol. The van der Waals surface area contributed by atoms with Crippen LogP contribution in [0, 0.1) is 11.8 Å². The Hall–Kier alpha value is -0.120. The van der Waals surface area contributed by atoms with Gasteiger partial charge in [0.2, 0.25) is 0 Å². The number of aliphatic hydroxyl groups excluding tert-OH is 1. The lowest BCUT2D eigenvalue weighted by atomic mass is 9.84. The van der Waals surface area contributed by atoms with E-state index in [0.717, 1.165) is 18.5 Å². The molecule has 3 unspecified atom stereocenters. The first kappa shape index (κ1) is 12.3. The Balaban J connectivity index is 1.79. The van der Waals surface area contributed by atoms with Gasteiger partial charge in [0.05, 0.1) is 0 Å². The number of aliphatic hydroxyl groups is 1. The van der Waals surface area contributed by atoms with Crippen LogP contribution in [0.3, 0.4) is 0 Å². The van der Waals surface area contributed by atoms with Gasteiger partial charge in [0.1, 0.15) is 0 Å². The van der Waals surface area contributed by atoms with Crippen LogP contribution in [0.4, 0.5) is 0 Å². The smallest absolute Gasteiger partial charge is 0.0471 e. The summed E-state index contributed by atoms with van der Waals surface area (Å²) in [7, 11) is 2.10. The first-order valence-corrected chi connectivity index (χ1v) is 6.84. The molecule has 0 aromatic heterocycles. The van der Waals surface area contributed by atoms with E-state index >= 15 is 0 Å². The van der Waals surface area contributed by atoms with Gasteiger partial charge in [0.25, 0.3) is 0 Å². The Bertz CT molecular complexity index is 210. The normalized spacial score (nSPS) is 36.8. The largest absolute Gasteiger partial charge is 0.396 e. The van der Waals surface area contributed by atoms with Gasteiger partial charge < -0.3 is 15.3 Å². The van der Waals surface area contributed by atoms with Crippen LogP contribution in [0.5, 0.6) is 0 Å². The molecule has 0 aromatic carbocycles. The molecule has 3 nitrogen and oxygen atoms in total. The summed E-state index contributed by atoms with van der Waals surface area (Å²) in [6.45, 7) is 3.92. The van der Waals surface area contributed by atoms with Gasteiger partial charge in [-0.25, -0.2) is 0 Å². The Morgan fingerprint density at radius 1 is 1.25 bits per heavy atom. The molecule has 94 valence electrons. The van der Waals surface area contributed by atoms with Crippen LogP contribution >= 0.6 is 0 Å². The number of hydrogen-bond donors (Lipinski definition) is 2. The van der Waals surface area contributed by atoms with Crippen molar-refractivity contribution in [2.75, 3.05) is 33.3 Å². The van der Waals surface area contributed by atoms with Gasteiger partial charge in [-0.05, 0) is 44.7 Å². The molecule has 1 aliphatic heterocycles. The van der Waals surface area contributed by atoms with Crippen molar-refractivity contribution in [2.24, 2.45) is 11.8 Å². The van der Waals surface area contributed by atoms with Gasteiger partial charge in [-0.15, -0.1) is 0 Å². The van der Waals surface area contributed by atoms with Crippen LogP contribution in [0.2, 0.25) is 0 Å². The molecule has 1 aliphatic carbocycles. The molecule has 2 aliphatic rings. The minimum Gasteiger partial charge on any atom is -0.396 e. The summed E-state index contributed by atoms with van der Waals surface area (Å²) in [6, 6.07) is 0.724. The molecule has 2 fully saturated rings. The van der Waals surface area contributed by atoms with E-state index in [-0.39, 0.29) is 0 Å². The summed E-state index contributed by atoms with van der Waals surface area (Å²) in [5.74, 6) is 1.37. The van der Waals surface area contributed by atoms with Gasteiger partial charge in [-0.2, -0.15) is 0 Å². The third kappa shape index (κ3) is 2.96. The minimum atomic E-state index is 0.372. The second kappa shape index (κ2) is 5.99. The lowest BCUT2D eigenvalue weighted by Crippen LogP contribution is -2.42. The van der Waals surface area contributed by atoms with Crippen LogP contribution in [0.15, 0.2) is 0 Å². The van der Waals surface area contributed by atoms with Crippen molar-refractivity contribution in [1.29, 1.82) is 0 Å². The molecule has 1 heterocycles. The summed E-state index contributed by atoms with van der Waals surface area (Å²) in [4.78, 5) is 2.56. The zero-order valence-electron chi connectivity index (χ0n) is 10.5. The van der Waals surface area contributed by atoms with Crippen molar-refractivity contribution < 1.29 is 5.11 Å². The fourth-order valence-electron chi connectivity index (χ4n) is 3.37. The number of nitrogens with one attached hydrogen (secondary N) is 1. The molecule has 2 N–H and O–H groups in total. The minimum absolute atomic E-state index is 0.372. The van der Waals surface area contributed by atoms with E-state index in [1.807, 2.05) is 0 Å². The summed E-state index contributed by atoms with van der Waals surface area (Å²) < 4.78 is 0. The van der Waals surface area contributed by atoms with Crippen molar-refractivity contribution in [3.8, 4) is 0 Å². The molecule has 2 rings (SSSR count). The quantitative estimate of drug-likeness (QED) is 0.753. The average molecular weight is 226 g/mol. The molecule has 0 bridgehead atoms. The third-order valence-corrected chi connectivity index (χ3v) is 4.40. The van der Waals surface area contributed by atoms with Gasteiger partial charge in [0.15, 0.2) is 0 Å². The summed E-state index contributed by atoms with van der Waals surface area (Å²) in [5, 5.41) is 12.6. The van der Waals surface area contributed by atoms with E-state index in [0.29, 0.717) is 12.5 Å². The van der Waals surface area contributed by atoms with E-state index in [1.165, 1.54) is 45.2 Å². The number of nitrogens with zero attached hydrogens (tertiary/aromatic N) is 1. The van der Waals surface area contributed by atoms with Crippen LogP contribution < -0.4 is 5.32 Å². The molecule has 16 heavy (non-hydrogen) atoms. The monoisotopic (exact) mass is 226 g/mol. The zero-order chi connectivity index (χ0) is 11.4. The van der Waals surface area contributed by atoms with Gasteiger partial charge in [0, 0.05) is 25.7 Å². The van der Waals surface area contributed by atoms with Crippen LogP contribution in [0.25, 0.3) is 0 Å². The average Bonchev–Trinajstić information content (AvgIpc) is 2.77. The van der Waals surface area contributed by atoms with E-state index < -0.39 is 0 Å². The number of hydrogen-bond acceptors (Lipinski definition) is 3. The summed E-state index contributed by atoms with van der Waals surface area (Å²) in [6.07, 6.45) is 6.71. The fourth-order valence-corrected chi connectivity index (χ4v) is 3.37. The standard InChI is InChI=1S/C13H26N2O/c1-14-13-5-3-2-4-12(13)9-15-7-6-11(8-15)10-16/h11-14,16H,2-10H2,1H3. The second-order valence-corrected chi connectivity index (χ2v) is 5.54. The van der Waals surface area contributed by atoms with E-state index in [4.69, 9.17) is 5.11 Å². The molecule has 0 aromatic rings. The molecule has 0 amide bonds. The SMILES string of the molecule is CNC1CCCCC1CN1CCC(CO)C1. The van der Waals surface area contributed by atoms with Crippen molar-refractivity contribution in [2.45, 2.75) is 38.1 Å². The summed E-state index contributed by atoms with van der Waals surface area (Å²) in [5.41, 5.74) is 0. The lowest BCUT2D eigenvalue weighted by molar-refractivity contribution is 0.178. The fraction of sp³-hybridized carbons (Fsp3) is 1.00. The Morgan fingerprint density at radius 2 is 2.06 bits per heavy atom. The van der Waals surface area contributed by atoms with Gasteiger partial charge in [-0.1, -0.05) is 12.8 Å². The highest BCUT2D eigenvalue weighted by atomic mass is 16.3. The predicted molar refractivity (Wildman–Crippen MR) is 66.4 cm³/mol. The molecule has 1 saturated heterocycles. The van der Waals surface area contributed by atoms with Crippen LogP contribution in [0.1, 0.15) is 32.1 Å². The number of rotatable bonds is 4. The van der Waals surface area contributed by atoms with E-state index in [9.17, 15) is 0 Å². The topological polar surface area (TPSA) is 35.5 Å². The molecule has 0 spiro atoms. The molecule has 0 radical (unpaired) electrons. The van der Waals surface area contributed by atoms with Crippen molar-refractivity contribution in [1.82, 2.24) is 10.2 Å². The highest BCUT2D eigenvalue weighted by molar-refractivity contribution is 4.84. The number of likely N-dealkylation sites (tertiary alicyclic amines) is 1. The maximum Gasteiger partial charge on any atom is 0.0471 e. The Labute approximate surface area is 99.2 Å². The highest BCUT2D eigenvalue weighted by Crippen LogP contribution is 2.27.